The van der Waals surface area contributed by atoms with Gasteiger partial charge >= 0.3 is 0 Å². The van der Waals surface area contributed by atoms with Crippen LogP contribution in [0.15, 0.2) is 35.9 Å². The Kier molecular flexibility index (Phi) is 7.16. The van der Waals surface area contributed by atoms with Gasteiger partial charge in [0.15, 0.2) is 0 Å². The average Bonchev–Trinajstić information content (AvgIpc) is 2.74. The third kappa shape index (κ3) is 5.25. The first-order chi connectivity index (χ1) is 13.2. The molecule has 1 saturated heterocycles. The molecule has 5 nitrogen and oxygen atoms in total. The maximum absolute atomic E-state index is 12.5. The first-order valence-corrected chi connectivity index (χ1v) is 10.3. The Morgan fingerprint density at radius 1 is 1.19 bits per heavy atom. The van der Waals surface area contributed by atoms with Crippen molar-refractivity contribution in [3.63, 3.8) is 0 Å². The van der Waals surface area contributed by atoms with Gasteiger partial charge in [0.05, 0.1) is 18.8 Å². The Labute approximate surface area is 163 Å². The maximum atomic E-state index is 12.5. The van der Waals surface area contributed by atoms with Gasteiger partial charge in [0.1, 0.15) is 5.75 Å². The van der Waals surface area contributed by atoms with Crippen molar-refractivity contribution in [3.05, 3.63) is 35.9 Å². The number of methoxy groups -OCH3 is 1. The number of anilines is 1. The fourth-order valence-electron chi connectivity index (χ4n) is 4.03. The standard InChI is InChI=1S/C22H33N3O2/c1-18(22(26)23-13-12-19-8-4-3-5-9-19)24-14-16-25(17-15-24)20-10-6-7-11-21(20)27-2/h6-8,10-11,18H,3-5,9,12-17H2,1-2H3,(H,23,26)/t18-/m1/s1. The fraction of sp³-hybridized carbons (Fsp3) is 0.591. The minimum atomic E-state index is -0.0786. The van der Waals surface area contributed by atoms with Crippen LogP contribution in [-0.2, 0) is 4.79 Å². The summed E-state index contributed by atoms with van der Waals surface area (Å²) in [6, 6.07) is 8.06. The van der Waals surface area contributed by atoms with Crippen LogP contribution in [0.5, 0.6) is 5.75 Å². The van der Waals surface area contributed by atoms with Crippen molar-refractivity contribution in [3.8, 4) is 5.75 Å². The molecule has 1 atom stereocenters. The third-order valence-corrected chi connectivity index (χ3v) is 5.80. The van der Waals surface area contributed by atoms with Gasteiger partial charge in [-0.05, 0) is 51.2 Å². The molecule has 1 aromatic rings. The van der Waals surface area contributed by atoms with E-state index < -0.39 is 0 Å². The van der Waals surface area contributed by atoms with Gasteiger partial charge in [-0.3, -0.25) is 9.69 Å². The van der Waals surface area contributed by atoms with E-state index in [9.17, 15) is 4.79 Å². The van der Waals surface area contributed by atoms with Crippen molar-refractivity contribution < 1.29 is 9.53 Å². The molecule has 1 N–H and O–H groups in total. The number of allylic oxidation sites excluding steroid dienone is 1. The summed E-state index contributed by atoms with van der Waals surface area (Å²) >= 11 is 0. The number of rotatable bonds is 7. The molecule has 1 fully saturated rings. The molecule has 0 aromatic heterocycles. The van der Waals surface area contributed by atoms with Crippen LogP contribution in [0.3, 0.4) is 0 Å². The summed E-state index contributed by atoms with van der Waals surface area (Å²) in [6.45, 7) is 6.37. The van der Waals surface area contributed by atoms with Crippen molar-refractivity contribution in [1.29, 1.82) is 0 Å². The molecule has 0 saturated carbocycles. The molecule has 1 aliphatic carbocycles. The predicted octanol–water partition coefficient (Wildman–Crippen LogP) is 3.21. The average molecular weight is 372 g/mol. The summed E-state index contributed by atoms with van der Waals surface area (Å²) in [6.07, 6.45) is 8.38. The van der Waals surface area contributed by atoms with E-state index in [-0.39, 0.29) is 11.9 Å². The molecule has 1 aromatic carbocycles. The Hall–Kier alpha value is -2.01. The summed E-state index contributed by atoms with van der Waals surface area (Å²) in [4.78, 5) is 17.2. The molecule has 3 rings (SSSR count). The lowest BCUT2D eigenvalue weighted by atomic mass is 9.97. The van der Waals surface area contributed by atoms with E-state index in [1.807, 2.05) is 25.1 Å². The number of ether oxygens (including phenoxy) is 1. The third-order valence-electron chi connectivity index (χ3n) is 5.80. The summed E-state index contributed by atoms with van der Waals surface area (Å²) in [5, 5.41) is 3.13. The second-order valence-electron chi connectivity index (χ2n) is 7.52. The van der Waals surface area contributed by atoms with Crippen LogP contribution in [0.1, 0.15) is 39.0 Å². The van der Waals surface area contributed by atoms with Crippen molar-refractivity contribution >= 4 is 11.6 Å². The topological polar surface area (TPSA) is 44.8 Å². The molecule has 2 aliphatic rings. The minimum Gasteiger partial charge on any atom is -0.495 e. The first kappa shape index (κ1) is 19.7. The van der Waals surface area contributed by atoms with Crippen LogP contribution in [0, 0.1) is 0 Å². The zero-order valence-corrected chi connectivity index (χ0v) is 16.7. The first-order valence-electron chi connectivity index (χ1n) is 10.3. The molecule has 0 radical (unpaired) electrons. The highest BCUT2D eigenvalue weighted by atomic mass is 16.5. The van der Waals surface area contributed by atoms with Crippen molar-refractivity contribution in [2.75, 3.05) is 44.7 Å². The van der Waals surface area contributed by atoms with Crippen LogP contribution < -0.4 is 15.0 Å². The van der Waals surface area contributed by atoms with Crippen LogP contribution in [0.25, 0.3) is 0 Å². The van der Waals surface area contributed by atoms with Crippen LogP contribution in [0.4, 0.5) is 5.69 Å². The number of hydrogen-bond donors (Lipinski definition) is 1. The number of nitrogens with one attached hydrogen (secondary N) is 1. The van der Waals surface area contributed by atoms with Crippen LogP contribution >= 0.6 is 0 Å². The Balaban J connectivity index is 1.44. The number of piperazine rings is 1. The van der Waals surface area contributed by atoms with Crippen LogP contribution in [0.2, 0.25) is 0 Å². The van der Waals surface area contributed by atoms with Gasteiger partial charge in [-0.25, -0.2) is 0 Å². The molecule has 5 heteroatoms. The summed E-state index contributed by atoms with van der Waals surface area (Å²) in [5.74, 6) is 1.06. The number of nitrogens with zero attached hydrogens (tertiary/aromatic N) is 2. The lowest BCUT2D eigenvalue weighted by molar-refractivity contribution is -0.125. The van der Waals surface area contributed by atoms with Crippen molar-refractivity contribution in [2.45, 2.75) is 45.1 Å². The second kappa shape index (κ2) is 9.79. The van der Waals surface area contributed by atoms with Gasteiger partial charge in [-0.2, -0.15) is 0 Å². The number of amides is 1. The van der Waals surface area contributed by atoms with E-state index in [0.717, 1.165) is 50.6 Å². The number of carbonyl (C=O) groups is 1. The van der Waals surface area contributed by atoms with E-state index in [1.165, 1.54) is 31.3 Å². The van der Waals surface area contributed by atoms with E-state index in [2.05, 4.69) is 27.3 Å². The molecule has 0 bridgehead atoms. The summed E-state index contributed by atoms with van der Waals surface area (Å²) in [5.41, 5.74) is 2.65. The molecular weight excluding hydrogens is 338 g/mol. The number of para-hydroxylation sites is 2. The molecule has 27 heavy (non-hydrogen) atoms. The summed E-state index contributed by atoms with van der Waals surface area (Å²) in [7, 11) is 1.71. The fourth-order valence-corrected chi connectivity index (χ4v) is 4.03. The smallest absolute Gasteiger partial charge is 0.237 e. The largest absolute Gasteiger partial charge is 0.495 e. The Bertz CT molecular complexity index is 651. The highest BCUT2D eigenvalue weighted by Crippen LogP contribution is 2.28. The maximum Gasteiger partial charge on any atom is 0.237 e. The highest BCUT2D eigenvalue weighted by molar-refractivity contribution is 5.81. The van der Waals surface area contributed by atoms with Gasteiger partial charge in [0.25, 0.3) is 0 Å². The highest BCUT2D eigenvalue weighted by Gasteiger charge is 2.26. The normalized spacial score (nSPS) is 19.3. The van der Waals surface area contributed by atoms with Crippen molar-refractivity contribution in [1.82, 2.24) is 10.2 Å². The molecule has 1 heterocycles. The van der Waals surface area contributed by atoms with Gasteiger partial charge in [0.2, 0.25) is 5.91 Å². The number of benzene rings is 1. The lowest BCUT2D eigenvalue weighted by Gasteiger charge is -2.38. The quantitative estimate of drug-likeness (QED) is 0.748. The molecule has 0 spiro atoms. The molecular formula is C22H33N3O2. The van der Waals surface area contributed by atoms with E-state index in [4.69, 9.17) is 4.74 Å². The Morgan fingerprint density at radius 2 is 1.96 bits per heavy atom. The van der Waals surface area contributed by atoms with Crippen molar-refractivity contribution in [2.24, 2.45) is 0 Å². The minimum absolute atomic E-state index is 0.0786. The zero-order valence-electron chi connectivity index (χ0n) is 16.7. The van der Waals surface area contributed by atoms with E-state index >= 15 is 0 Å². The molecule has 0 unspecified atom stereocenters. The predicted molar refractivity (Wildman–Crippen MR) is 110 cm³/mol. The molecule has 1 amide bonds. The second-order valence-corrected chi connectivity index (χ2v) is 7.52. The van der Waals surface area contributed by atoms with Gasteiger partial charge in [-0.15, -0.1) is 0 Å². The lowest BCUT2D eigenvalue weighted by Crippen LogP contribution is -2.54. The van der Waals surface area contributed by atoms with Gasteiger partial charge < -0.3 is 15.0 Å². The van der Waals surface area contributed by atoms with Gasteiger partial charge in [-0.1, -0.05) is 23.8 Å². The van der Waals surface area contributed by atoms with E-state index in [1.54, 1.807) is 7.11 Å². The number of hydrogen-bond acceptors (Lipinski definition) is 4. The monoisotopic (exact) mass is 371 g/mol. The van der Waals surface area contributed by atoms with Crippen LogP contribution in [-0.4, -0.2) is 56.7 Å². The molecule has 1 aliphatic heterocycles. The van der Waals surface area contributed by atoms with Gasteiger partial charge in [0, 0.05) is 32.7 Å². The SMILES string of the molecule is COc1ccccc1N1CCN([C@H](C)C(=O)NCCC2=CCCCC2)CC1. The zero-order chi connectivity index (χ0) is 19.1. The summed E-state index contributed by atoms with van der Waals surface area (Å²) < 4.78 is 5.48. The van der Waals surface area contributed by atoms with E-state index in [0.29, 0.717) is 0 Å². The Morgan fingerprint density at radius 3 is 2.67 bits per heavy atom. The molecule has 148 valence electrons. The number of carbonyl (C=O) groups excluding carboxylic acids is 1.